The van der Waals surface area contributed by atoms with Crippen LogP contribution < -0.4 is 14.8 Å². The van der Waals surface area contributed by atoms with E-state index in [1.807, 2.05) is 38.1 Å². The lowest BCUT2D eigenvalue weighted by Crippen LogP contribution is -2.49. The fraction of sp³-hybridized carbons (Fsp3) is 0.440. The summed E-state index contributed by atoms with van der Waals surface area (Å²) in [5.74, 6) is 1.10. The van der Waals surface area contributed by atoms with E-state index in [9.17, 15) is 9.59 Å². The minimum absolute atomic E-state index is 0.0274. The van der Waals surface area contributed by atoms with Gasteiger partial charge in [-0.2, -0.15) is 0 Å². The van der Waals surface area contributed by atoms with Crippen LogP contribution in [0.4, 0.5) is 0 Å². The highest BCUT2D eigenvalue weighted by Gasteiger charge is 2.27. The summed E-state index contributed by atoms with van der Waals surface area (Å²) in [7, 11) is 0. The van der Waals surface area contributed by atoms with Crippen LogP contribution in [0.3, 0.4) is 0 Å². The van der Waals surface area contributed by atoms with Crippen LogP contribution in [-0.4, -0.2) is 42.0 Å². The van der Waals surface area contributed by atoms with Crippen LogP contribution >= 0.6 is 23.2 Å². The third kappa shape index (κ3) is 6.78. The van der Waals surface area contributed by atoms with Crippen molar-refractivity contribution >= 4 is 35.0 Å². The van der Waals surface area contributed by atoms with Crippen LogP contribution in [0.25, 0.3) is 0 Å². The molecule has 1 aliphatic heterocycles. The number of amides is 2. The number of benzene rings is 2. The molecule has 0 fully saturated rings. The van der Waals surface area contributed by atoms with Crippen LogP contribution in [0.2, 0.25) is 10.0 Å². The fourth-order valence-electron chi connectivity index (χ4n) is 3.52. The number of ether oxygens (including phenoxy) is 2. The number of hydrogen-bond donors (Lipinski definition) is 1. The van der Waals surface area contributed by atoms with Gasteiger partial charge in [0.05, 0.1) is 10.0 Å². The lowest BCUT2D eigenvalue weighted by molar-refractivity contribution is -0.140. The van der Waals surface area contributed by atoms with Crippen molar-refractivity contribution in [3.63, 3.8) is 0 Å². The van der Waals surface area contributed by atoms with Gasteiger partial charge >= 0.3 is 0 Å². The van der Waals surface area contributed by atoms with Gasteiger partial charge in [0, 0.05) is 19.0 Å². The second kappa shape index (κ2) is 11.6. The summed E-state index contributed by atoms with van der Waals surface area (Å²) in [5, 5.41) is 3.82. The molecule has 178 valence electrons. The van der Waals surface area contributed by atoms with E-state index in [-0.39, 0.29) is 30.8 Å². The zero-order valence-corrected chi connectivity index (χ0v) is 20.7. The Labute approximate surface area is 205 Å². The molecular formula is C25H30Cl2N2O4. The first-order valence-electron chi connectivity index (χ1n) is 11.2. The molecule has 0 spiro atoms. The average Bonchev–Trinajstić information content (AvgIpc) is 2.82. The Morgan fingerprint density at radius 1 is 1.00 bits per heavy atom. The number of fused-ring (bicyclic) bond motifs is 1. The van der Waals surface area contributed by atoms with E-state index < -0.39 is 6.04 Å². The Morgan fingerprint density at radius 2 is 1.70 bits per heavy atom. The van der Waals surface area contributed by atoms with Crippen LogP contribution in [0.5, 0.6) is 11.5 Å². The molecule has 2 aromatic carbocycles. The maximum absolute atomic E-state index is 13.3. The monoisotopic (exact) mass is 492 g/mol. The molecule has 0 bridgehead atoms. The van der Waals surface area contributed by atoms with Gasteiger partial charge in [0.2, 0.25) is 11.8 Å². The molecule has 1 heterocycles. The highest BCUT2D eigenvalue weighted by Crippen LogP contribution is 2.31. The SMILES string of the molecule is CC[C@@H](C)NC(=O)[C@H](C)N(Cc1ccc(Cl)c(Cl)c1)C(=O)CCc1ccc2c(c1)OCCO2. The Morgan fingerprint density at radius 3 is 2.39 bits per heavy atom. The van der Waals surface area contributed by atoms with Gasteiger partial charge in [-0.25, -0.2) is 0 Å². The first-order chi connectivity index (χ1) is 15.8. The van der Waals surface area contributed by atoms with Crippen LogP contribution in [0, 0.1) is 0 Å². The fourth-order valence-corrected chi connectivity index (χ4v) is 3.84. The van der Waals surface area contributed by atoms with Gasteiger partial charge in [-0.1, -0.05) is 42.3 Å². The molecule has 1 N–H and O–H groups in total. The van der Waals surface area contributed by atoms with Gasteiger partial charge in [-0.15, -0.1) is 0 Å². The standard InChI is InChI=1S/C25H30Cl2N2O4/c1-4-16(2)28-25(31)17(3)29(15-19-5-8-20(26)21(27)13-19)24(30)10-7-18-6-9-22-23(14-18)33-12-11-32-22/h5-6,8-9,13-14,16-17H,4,7,10-12,15H2,1-3H3,(H,28,31)/t16-,17+/m1/s1. The van der Waals surface area contributed by atoms with Crippen molar-refractivity contribution < 1.29 is 19.1 Å². The van der Waals surface area contributed by atoms with E-state index in [0.717, 1.165) is 17.5 Å². The van der Waals surface area contributed by atoms with Crippen LogP contribution in [0.15, 0.2) is 36.4 Å². The number of rotatable bonds is 9. The quantitative estimate of drug-likeness (QED) is 0.532. The molecule has 0 aliphatic carbocycles. The third-order valence-corrected chi connectivity index (χ3v) is 6.48. The minimum atomic E-state index is -0.638. The maximum Gasteiger partial charge on any atom is 0.242 e. The molecular weight excluding hydrogens is 463 g/mol. The molecule has 0 saturated carbocycles. The Bertz CT molecular complexity index is 998. The van der Waals surface area contributed by atoms with Crippen molar-refractivity contribution in [1.82, 2.24) is 10.2 Å². The first-order valence-corrected chi connectivity index (χ1v) is 12.0. The van der Waals surface area contributed by atoms with Crippen molar-refractivity contribution in [1.29, 1.82) is 0 Å². The van der Waals surface area contributed by atoms with E-state index in [4.69, 9.17) is 32.7 Å². The first kappa shape index (κ1) is 25.2. The van der Waals surface area contributed by atoms with Gasteiger partial charge in [0.15, 0.2) is 11.5 Å². The van der Waals surface area contributed by atoms with Gasteiger partial charge in [-0.3, -0.25) is 9.59 Å². The van der Waals surface area contributed by atoms with E-state index in [0.29, 0.717) is 41.2 Å². The lowest BCUT2D eigenvalue weighted by atomic mass is 10.1. The predicted octanol–water partition coefficient (Wildman–Crippen LogP) is 5.03. The van der Waals surface area contributed by atoms with E-state index in [2.05, 4.69) is 5.32 Å². The molecule has 2 amide bonds. The minimum Gasteiger partial charge on any atom is -0.486 e. The molecule has 2 aromatic rings. The molecule has 3 rings (SSSR count). The number of carbonyl (C=O) groups is 2. The second-order valence-electron chi connectivity index (χ2n) is 8.24. The summed E-state index contributed by atoms with van der Waals surface area (Å²) in [6, 6.07) is 10.3. The molecule has 33 heavy (non-hydrogen) atoms. The highest BCUT2D eigenvalue weighted by molar-refractivity contribution is 6.42. The van der Waals surface area contributed by atoms with Crippen molar-refractivity contribution in [3.05, 3.63) is 57.6 Å². The normalized spacial score (nSPS) is 14.3. The van der Waals surface area contributed by atoms with Crippen molar-refractivity contribution in [2.45, 2.75) is 58.7 Å². The zero-order chi connectivity index (χ0) is 24.0. The summed E-state index contributed by atoms with van der Waals surface area (Å²) in [4.78, 5) is 27.7. The summed E-state index contributed by atoms with van der Waals surface area (Å²) < 4.78 is 11.2. The average molecular weight is 493 g/mol. The molecule has 0 aromatic heterocycles. The van der Waals surface area contributed by atoms with E-state index in [1.165, 1.54) is 0 Å². The summed E-state index contributed by atoms with van der Waals surface area (Å²) in [6.07, 6.45) is 1.58. The van der Waals surface area contributed by atoms with Gasteiger partial charge in [0.1, 0.15) is 19.3 Å². The zero-order valence-electron chi connectivity index (χ0n) is 19.2. The highest BCUT2D eigenvalue weighted by atomic mass is 35.5. The number of carbonyl (C=O) groups excluding carboxylic acids is 2. The van der Waals surface area contributed by atoms with Crippen LogP contribution in [0.1, 0.15) is 44.7 Å². The summed E-state index contributed by atoms with van der Waals surface area (Å²) >= 11 is 12.2. The Hall–Kier alpha value is -2.44. The number of hydrogen-bond acceptors (Lipinski definition) is 4. The molecule has 0 saturated heterocycles. The van der Waals surface area contributed by atoms with E-state index >= 15 is 0 Å². The number of nitrogens with zero attached hydrogens (tertiary/aromatic N) is 1. The molecule has 1 aliphatic rings. The van der Waals surface area contributed by atoms with Gasteiger partial charge < -0.3 is 19.7 Å². The van der Waals surface area contributed by atoms with E-state index in [1.54, 1.807) is 24.0 Å². The largest absolute Gasteiger partial charge is 0.486 e. The van der Waals surface area contributed by atoms with Crippen molar-refractivity contribution in [3.8, 4) is 11.5 Å². The summed E-state index contributed by atoms with van der Waals surface area (Å²) in [6.45, 7) is 6.99. The molecule has 0 unspecified atom stereocenters. The van der Waals surface area contributed by atoms with Gasteiger partial charge in [0.25, 0.3) is 0 Å². The Balaban J connectivity index is 1.74. The number of nitrogens with one attached hydrogen (secondary N) is 1. The molecule has 0 radical (unpaired) electrons. The predicted molar refractivity (Wildman–Crippen MR) is 130 cm³/mol. The third-order valence-electron chi connectivity index (χ3n) is 5.74. The van der Waals surface area contributed by atoms with Crippen molar-refractivity contribution in [2.75, 3.05) is 13.2 Å². The smallest absolute Gasteiger partial charge is 0.242 e. The summed E-state index contributed by atoms with van der Waals surface area (Å²) in [5.41, 5.74) is 1.78. The topological polar surface area (TPSA) is 67.9 Å². The van der Waals surface area contributed by atoms with Gasteiger partial charge in [-0.05, 0) is 62.1 Å². The van der Waals surface area contributed by atoms with Crippen molar-refractivity contribution in [2.24, 2.45) is 0 Å². The Kier molecular flexibility index (Phi) is 8.87. The molecule has 8 heteroatoms. The number of halogens is 2. The molecule has 2 atom stereocenters. The molecule has 6 nitrogen and oxygen atoms in total. The van der Waals surface area contributed by atoms with Crippen LogP contribution in [-0.2, 0) is 22.6 Å². The maximum atomic E-state index is 13.3. The second-order valence-corrected chi connectivity index (χ2v) is 9.06. The lowest BCUT2D eigenvalue weighted by Gasteiger charge is -2.30. The number of aryl methyl sites for hydroxylation is 1.